The van der Waals surface area contributed by atoms with E-state index < -0.39 is 0 Å². The Hall–Kier alpha value is -1.52. The fourth-order valence-electron chi connectivity index (χ4n) is 2.01. The van der Waals surface area contributed by atoms with Gasteiger partial charge in [-0.05, 0) is 38.0 Å². The first-order chi connectivity index (χ1) is 9.44. The second kappa shape index (κ2) is 7.31. The van der Waals surface area contributed by atoms with Crippen molar-refractivity contribution in [3.05, 3.63) is 35.9 Å². The Morgan fingerprint density at radius 2 is 1.95 bits per heavy atom. The van der Waals surface area contributed by atoms with Crippen LogP contribution in [0.25, 0.3) is 0 Å². The second-order valence-electron chi connectivity index (χ2n) is 5.44. The summed E-state index contributed by atoms with van der Waals surface area (Å²) in [4.78, 5) is 0. The van der Waals surface area contributed by atoms with E-state index in [1.807, 2.05) is 25.1 Å². The molecule has 1 aromatic carbocycles. The maximum absolute atomic E-state index is 5.92. The summed E-state index contributed by atoms with van der Waals surface area (Å²) in [5.74, 6) is 1.48. The highest BCUT2D eigenvalue weighted by Crippen LogP contribution is 2.28. The minimum absolute atomic E-state index is 0.168. The third-order valence-corrected chi connectivity index (χ3v) is 3.31. The van der Waals surface area contributed by atoms with Crippen LogP contribution in [0.1, 0.15) is 19.4 Å². The molecule has 0 aliphatic carbocycles. The van der Waals surface area contributed by atoms with Crippen LogP contribution in [-0.4, -0.2) is 32.8 Å². The van der Waals surface area contributed by atoms with Gasteiger partial charge in [0, 0.05) is 18.6 Å². The molecule has 1 aromatic rings. The number of nitrogens with two attached hydrogens (primary N) is 1. The molecule has 1 unspecified atom stereocenters. The summed E-state index contributed by atoms with van der Waals surface area (Å²) in [6, 6.07) is 5.96. The molecule has 3 N–H and O–H groups in total. The van der Waals surface area contributed by atoms with Gasteiger partial charge < -0.3 is 20.5 Å². The van der Waals surface area contributed by atoms with E-state index in [2.05, 4.69) is 18.8 Å². The van der Waals surface area contributed by atoms with E-state index >= 15 is 0 Å². The standard InChI is InChI=1S/C16H26N2O2/c1-12(2)10-18-16(3,11-17)9-13-6-7-14(19-4)15(8-13)20-5/h6-8,18H,1,9-11,17H2,2-5H3. The Balaban J connectivity index is 2.86. The first kappa shape index (κ1) is 16.5. The lowest BCUT2D eigenvalue weighted by Crippen LogP contribution is -2.50. The lowest BCUT2D eigenvalue weighted by Gasteiger charge is -2.30. The molecule has 0 saturated carbocycles. The van der Waals surface area contributed by atoms with Crippen LogP contribution in [0.3, 0.4) is 0 Å². The van der Waals surface area contributed by atoms with Crippen molar-refractivity contribution in [2.45, 2.75) is 25.8 Å². The number of rotatable bonds is 8. The van der Waals surface area contributed by atoms with Crippen molar-refractivity contribution in [1.82, 2.24) is 5.32 Å². The van der Waals surface area contributed by atoms with E-state index in [0.29, 0.717) is 6.54 Å². The van der Waals surface area contributed by atoms with Gasteiger partial charge in [-0.3, -0.25) is 0 Å². The summed E-state index contributed by atoms with van der Waals surface area (Å²) in [6.07, 6.45) is 0.817. The predicted octanol–water partition coefficient (Wildman–Crippen LogP) is 2.13. The average Bonchev–Trinajstić information content (AvgIpc) is 2.45. The van der Waals surface area contributed by atoms with Gasteiger partial charge >= 0.3 is 0 Å². The number of nitrogens with one attached hydrogen (secondary N) is 1. The molecule has 0 radical (unpaired) electrons. The lowest BCUT2D eigenvalue weighted by molar-refractivity contribution is 0.351. The molecule has 20 heavy (non-hydrogen) atoms. The third kappa shape index (κ3) is 4.54. The smallest absolute Gasteiger partial charge is 0.160 e. The summed E-state index contributed by atoms with van der Waals surface area (Å²) in [5.41, 5.74) is 8.00. The van der Waals surface area contributed by atoms with Crippen LogP contribution in [0.5, 0.6) is 11.5 Å². The zero-order chi connectivity index (χ0) is 15.2. The normalized spacial score (nSPS) is 13.7. The molecule has 4 heteroatoms. The van der Waals surface area contributed by atoms with Crippen LogP contribution >= 0.6 is 0 Å². The van der Waals surface area contributed by atoms with E-state index in [-0.39, 0.29) is 5.54 Å². The van der Waals surface area contributed by atoms with Gasteiger partial charge in [-0.25, -0.2) is 0 Å². The Morgan fingerprint density at radius 3 is 2.45 bits per heavy atom. The highest BCUT2D eigenvalue weighted by molar-refractivity contribution is 5.43. The topological polar surface area (TPSA) is 56.5 Å². The molecule has 1 rings (SSSR count). The molecule has 0 aromatic heterocycles. The average molecular weight is 278 g/mol. The van der Waals surface area contributed by atoms with Crippen molar-refractivity contribution in [3.63, 3.8) is 0 Å². The first-order valence-corrected chi connectivity index (χ1v) is 6.74. The Kier molecular flexibility index (Phi) is 6.05. The van der Waals surface area contributed by atoms with Crippen molar-refractivity contribution < 1.29 is 9.47 Å². The van der Waals surface area contributed by atoms with Gasteiger partial charge in [0.25, 0.3) is 0 Å². The van der Waals surface area contributed by atoms with E-state index in [1.165, 1.54) is 0 Å². The SMILES string of the molecule is C=C(C)CNC(C)(CN)Cc1ccc(OC)c(OC)c1. The van der Waals surface area contributed by atoms with Gasteiger partial charge in [-0.2, -0.15) is 0 Å². The van der Waals surface area contributed by atoms with Crippen LogP contribution in [0.15, 0.2) is 30.4 Å². The summed E-state index contributed by atoms with van der Waals surface area (Å²) < 4.78 is 10.6. The molecular weight excluding hydrogens is 252 g/mol. The van der Waals surface area contributed by atoms with Crippen molar-refractivity contribution in [1.29, 1.82) is 0 Å². The minimum atomic E-state index is -0.168. The lowest BCUT2D eigenvalue weighted by atomic mass is 9.92. The summed E-state index contributed by atoms with van der Waals surface area (Å²) in [7, 11) is 3.28. The molecule has 0 fully saturated rings. The fourth-order valence-corrected chi connectivity index (χ4v) is 2.01. The van der Waals surface area contributed by atoms with Gasteiger partial charge in [0.2, 0.25) is 0 Å². The summed E-state index contributed by atoms with van der Waals surface area (Å²) in [5, 5.41) is 3.46. The largest absolute Gasteiger partial charge is 0.493 e. The molecule has 0 amide bonds. The van der Waals surface area contributed by atoms with E-state index in [9.17, 15) is 0 Å². The van der Waals surface area contributed by atoms with Gasteiger partial charge in [0.05, 0.1) is 14.2 Å². The number of methoxy groups -OCH3 is 2. The van der Waals surface area contributed by atoms with Crippen molar-refractivity contribution in [3.8, 4) is 11.5 Å². The van der Waals surface area contributed by atoms with Crippen LogP contribution < -0.4 is 20.5 Å². The molecule has 1 atom stereocenters. The number of hydrogen-bond acceptors (Lipinski definition) is 4. The summed E-state index contributed by atoms with van der Waals surface area (Å²) in [6.45, 7) is 9.34. The van der Waals surface area contributed by atoms with Gasteiger partial charge in [-0.15, -0.1) is 0 Å². The molecule has 0 saturated heterocycles. The molecule has 0 aliphatic rings. The van der Waals surface area contributed by atoms with Crippen molar-refractivity contribution >= 4 is 0 Å². The number of ether oxygens (including phenoxy) is 2. The first-order valence-electron chi connectivity index (χ1n) is 6.74. The molecule has 0 heterocycles. The fraction of sp³-hybridized carbons (Fsp3) is 0.500. The van der Waals surface area contributed by atoms with Crippen LogP contribution in [0.2, 0.25) is 0 Å². The van der Waals surface area contributed by atoms with Gasteiger partial charge in [0.15, 0.2) is 11.5 Å². The van der Waals surface area contributed by atoms with Crippen LogP contribution in [-0.2, 0) is 6.42 Å². The molecule has 0 spiro atoms. The van der Waals surface area contributed by atoms with Crippen LogP contribution in [0, 0.1) is 0 Å². The summed E-state index contributed by atoms with van der Waals surface area (Å²) >= 11 is 0. The Morgan fingerprint density at radius 1 is 1.30 bits per heavy atom. The zero-order valence-corrected chi connectivity index (χ0v) is 13.0. The molecule has 4 nitrogen and oxygen atoms in total. The molecular formula is C16H26N2O2. The Bertz CT molecular complexity index is 460. The van der Waals surface area contributed by atoms with Gasteiger partial charge in [-0.1, -0.05) is 18.2 Å². The van der Waals surface area contributed by atoms with E-state index in [1.54, 1.807) is 14.2 Å². The predicted molar refractivity (Wildman–Crippen MR) is 83.5 cm³/mol. The second-order valence-corrected chi connectivity index (χ2v) is 5.44. The highest BCUT2D eigenvalue weighted by atomic mass is 16.5. The van der Waals surface area contributed by atoms with Gasteiger partial charge in [0.1, 0.15) is 0 Å². The highest BCUT2D eigenvalue weighted by Gasteiger charge is 2.22. The third-order valence-electron chi connectivity index (χ3n) is 3.31. The monoisotopic (exact) mass is 278 g/mol. The van der Waals surface area contributed by atoms with Crippen LogP contribution in [0.4, 0.5) is 0 Å². The van der Waals surface area contributed by atoms with E-state index in [4.69, 9.17) is 15.2 Å². The molecule has 112 valence electrons. The maximum Gasteiger partial charge on any atom is 0.160 e. The van der Waals surface area contributed by atoms with E-state index in [0.717, 1.165) is 35.6 Å². The molecule has 0 aliphatic heterocycles. The number of hydrogen-bond donors (Lipinski definition) is 2. The molecule has 0 bridgehead atoms. The number of benzene rings is 1. The van der Waals surface area contributed by atoms with Crippen molar-refractivity contribution in [2.24, 2.45) is 5.73 Å². The quantitative estimate of drug-likeness (QED) is 0.715. The zero-order valence-electron chi connectivity index (χ0n) is 13.0. The minimum Gasteiger partial charge on any atom is -0.493 e. The van der Waals surface area contributed by atoms with Crippen molar-refractivity contribution in [2.75, 3.05) is 27.3 Å². The Labute approximate surface area is 122 Å². The maximum atomic E-state index is 5.92.